The number of thiazole rings is 1. The van der Waals surface area contributed by atoms with Crippen LogP contribution in [0.15, 0.2) is 34.5 Å². The van der Waals surface area contributed by atoms with Crippen LogP contribution in [-0.2, 0) is 21.2 Å². The smallest absolute Gasteiger partial charge is 0.257 e. The second kappa shape index (κ2) is 7.52. The SMILES string of the molecule is NC(=O)Cc1csc(NC(=O)c2cccc(S(=O)(=O)N3CCCC3)c2)n1. The average Bonchev–Trinajstić information content (AvgIpc) is 3.27. The quantitative estimate of drug-likeness (QED) is 0.762. The van der Waals surface area contributed by atoms with Crippen LogP contribution in [0.2, 0.25) is 0 Å². The highest BCUT2D eigenvalue weighted by Crippen LogP contribution is 2.22. The highest BCUT2D eigenvalue weighted by atomic mass is 32.2. The van der Waals surface area contributed by atoms with E-state index >= 15 is 0 Å². The molecule has 10 heteroatoms. The predicted octanol–water partition coefficient (Wildman–Crippen LogP) is 1.21. The van der Waals surface area contributed by atoms with Crippen LogP contribution in [0.1, 0.15) is 28.9 Å². The first kappa shape index (κ1) is 18.5. The average molecular weight is 394 g/mol. The van der Waals surface area contributed by atoms with Crippen molar-refractivity contribution in [1.29, 1.82) is 0 Å². The lowest BCUT2D eigenvalue weighted by molar-refractivity contribution is -0.117. The molecule has 1 aromatic heterocycles. The van der Waals surface area contributed by atoms with Crippen LogP contribution in [-0.4, -0.2) is 42.6 Å². The van der Waals surface area contributed by atoms with Gasteiger partial charge in [0.15, 0.2) is 5.13 Å². The number of hydrogen-bond donors (Lipinski definition) is 2. The molecule has 3 N–H and O–H groups in total. The van der Waals surface area contributed by atoms with Gasteiger partial charge in [-0.3, -0.25) is 14.9 Å². The molecule has 1 aliphatic rings. The molecular formula is C16H18N4O4S2. The van der Waals surface area contributed by atoms with Crippen LogP contribution < -0.4 is 11.1 Å². The van der Waals surface area contributed by atoms with Gasteiger partial charge in [-0.25, -0.2) is 13.4 Å². The third kappa shape index (κ3) is 4.09. The van der Waals surface area contributed by atoms with Crippen molar-refractivity contribution in [2.75, 3.05) is 18.4 Å². The Morgan fingerprint density at radius 3 is 2.69 bits per heavy atom. The van der Waals surface area contributed by atoms with Crippen molar-refractivity contribution < 1.29 is 18.0 Å². The Kier molecular flexibility index (Phi) is 5.35. The third-order valence-corrected chi connectivity index (χ3v) is 6.63. The molecule has 0 unspecified atom stereocenters. The fraction of sp³-hybridized carbons (Fsp3) is 0.312. The number of benzene rings is 1. The molecule has 3 rings (SSSR count). The summed E-state index contributed by atoms with van der Waals surface area (Å²) in [4.78, 5) is 27.5. The van der Waals surface area contributed by atoms with Gasteiger partial charge in [-0.2, -0.15) is 4.31 Å². The molecule has 1 fully saturated rings. The Morgan fingerprint density at radius 2 is 2.00 bits per heavy atom. The Morgan fingerprint density at radius 1 is 1.27 bits per heavy atom. The number of nitrogens with one attached hydrogen (secondary N) is 1. The van der Waals surface area contributed by atoms with Crippen molar-refractivity contribution in [3.63, 3.8) is 0 Å². The summed E-state index contributed by atoms with van der Waals surface area (Å²) in [6.45, 7) is 1.00. The molecule has 2 aromatic rings. The summed E-state index contributed by atoms with van der Waals surface area (Å²) >= 11 is 1.17. The molecule has 1 saturated heterocycles. The Balaban J connectivity index is 1.76. The minimum atomic E-state index is -3.59. The standard InChI is InChI=1S/C16H18N4O4S2/c17-14(21)9-12-10-25-16(18-12)19-15(22)11-4-3-5-13(8-11)26(23,24)20-6-1-2-7-20/h3-5,8,10H,1-2,6-7,9H2,(H2,17,21)(H,18,19,22). The van der Waals surface area contributed by atoms with Gasteiger partial charge in [0.2, 0.25) is 15.9 Å². The highest BCUT2D eigenvalue weighted by molar-refractivity contribution is 7.89. The highest BCUT2D eigenvalue weighted by Gasteiger charge is 2.27. The molecule has 1 aliphatic heterocycles. The third-order valence-electron chi connectivity index (χ3n) is 3.93. The first-order valence-corrected chi connectivity index (χ1v) is 10.3. The second-order valence-corrected chi connectivity index (χ2v) is 8.68. The Hall–Kier alpha value is -2.30. The van der Waals surface area contributed by atoms with E-state index in [4.69, 9.17) is 5.73 Å². The molecule has 0 radical (unpaired) electrons. The lowest BCUT2D eigenvalue weighted by Crippen LogP contribution is -2.28. The summed E-state index contributed by atoms with van der Waals surface area (Å²) in [5, 5.41) is 4.56. The first-order chi connectivity index (χ1) is 12.4. The molecule has 0 spiro atoms. The maximum Gasteiger partial charge on any atom is 0.257 e. The van der Waals surface area contributed by atoms with E-state index < -0.39 is 21.8 Å². The number of anilines is 1. The topological polar surface area (TPSA) is 122 Å². The van der Waals surface area contributed by atoms with E-state index in [1.807, 2.05) is 0 Å². The van der Waals surface area contributed by atoms with Crippen LogP contribution in [0.4, 0.5) is 5.13 Å². The Labute approximate surface area is 155 Å². The maximum atomic E-state index is 12.6. The zero-order chi connectivity index (χ0) is 18.7. The molecule has 1 aromatic carbocycles. The number of nitrogens with zero attached hydrogens (tertiary/aromatic N) is 2. The number of carbonyl (C=O) groups is 2. The van der Waals surface area contributed by atoms with Crippen LogP contribution in [0.25, 0.3) is 0 Å². The van der Waals surface area contributed by atoms with Gasteiger partial charge in [-0.1, -0.05) is 6.07 Å². The maximum absolute atomic E-state index is 12.6. The molecule has 0 saturated carbocycles. The van der Waals surface area contributed by atoms with Gasteiger partial charge in [0.05, 0.1) is 17.0 Å². The molecule has 0 bridgehead atoms. The number of nitrogens with two attached hydrogens (primary N) is 1. The minimum Gasteiger partial charge on any atom is -0.369 e. The Bertz CT molecular complexity index is 933. The van der Waals surface area contributed by atoms with E-state index in [1.165, 1.54) is 39.9 Å². The largest absolute Gasteiger partial charge is 0.369 e. The molecule has 138 valence electrons. The fourth-order valence-corrected chi connectivity index (χ4v) is 4.94. The molecular weight excluding hydrogens is 376 g/mol. The predicted molar refractivity (Wildman–Crippen MR) is 97.4 cm³/mol. The molecule has 26 heavy (non-hydrogen) atoms. The van der Waals surface area contributed by atoms with Crippen LogP contribution in [0.3, 0.4) is 0 Å². The van der Waals surface area contributed by atoms with Crippen molar-refractivity contribution in [1.82, 2.24) is 9.29 Å². The number of amides is 2. The van der Waals surface area contributed by atoms with Crippen LogP contribution in [0.5, 0.6) is 0 Å². The van der Waals surface area contributed by atoms with Crippen molar-refractivity contribution in [2.24, 2.45) is 5.73 Å². The first-order valence-electron chi connectivity index (χ1n) is 8.00. The van der Waals surface area contributed by atoms with E-state index in [9.17, 15) is 18.0 Å². The zero-order valence-corrected chi connectivity index (χ0v) is 15.5. The number of primary amides is 1. The van der Waals surface area contributed by atoms with Crippen molar-refractivity contribution in [3.05, 3.63) is 40.9 Å². The molecule has 0 aliphatic carbocycles. The zero-order valence-electron chi connectivity index (χ0n) is 13.8. The van der Waals surface area contributed by atoms with Gasteiger partial charge in [0.1, 0.15) is 0 Å². The summed E-state index contributed by atoms with van der Waals surface area (Å²) in [5.41, 5.74) is 5.81. The minimum absolute atomic E-state index is 0.00403. The van der Waals surface area contributed by atoms with Crippen molar-refractivity contribution in [2.45, 2.75) is 24.2 Å². The summed E-state index contributed by atoms with van der Waals surface area (Å²) in [6.07, 6.45) is 1.68. The lowest BCUT2D eigenvalue weighted by Gasteiger charge is -2.15. The van der Waals surface area contributed by atoms with Gasteiger partial charge in [-0.15, -0.1) is 11.3 Å². The number of hydrogen-bond acceptors (Lipinski definition) is 6. The van der Waals surface area contributed by atoms with Crippen LogP contribution >= 0.6 is 11.3 Å². The molecule has 2 heterocycles. The van der Waals surface area contributed by atoms with Crippen LogP contribution in [0, 0.1) is 0 Å². The summed E-state index contributed by atoms with van der Waals surface area (Å²) in [6, 6.07) is 5.92. The van der Waals surface area contributed by atoms with Gasteiger partial charge in [0, 0.05) is 24.0 Å². The van der Waals surface area contributed by atoms with E-state index in [1.54, 1.807) is 5.38 Å². The monoisotopic (exact) mass is 394 g/mol. The normalized spacial score (nSPS) is 15.1. The van der Waals surface area contributed by atoms with E-state index in [0.29, 0.717) is 23.9 Å². The van der Waals surface area contributed by atoms with E-state index in [-0.39, 0.29) is 16.9 Å². The number of sulfonamides is 1. The molecule has 8 nitrogen and oxygen atoms in total. The van der Waals surface area contributed by atoms with Gasteiger partial charge in [0.25, 0.3) is 5.91 Å². The lowest BCUT2D eigenvalue weighted by atomic mass is 10.2. The fourth-order valence-electron chi connectivity index (χ4n) is 2.67. The van der Waals surface area contributed by atoms with Gasteiger partial charge in [-0.05, 0) is 31.0 Å². The van der Waals surface area contributed by atoms with Gasteiger partial charge >= 0.3 is 0 Å². The van der Waals surface area contributed by atoms with Gasteiger partial charge < -0.3 is 5.73 Å². The van der Waals surface area contributed by atoms with E-state index in [0.717, 1.165) is 12.8 Å². The van der Waals surface area contributed by atoms with Crippen molar-refractivity contribution >= 4 is 38.3 Å². The number of carbonyl (C=O) groups excluding carboxylic acids is 2. The molecule has 2 amide bonds. The van der Waals surface area contributed by atoms with E-state index in [2.05, 4.69) is 10.3 Å². The number of aromatic nitrogens is 1. The molecule has 0 atom stereocenters. The summed E-state index contributed by atoms with van der Waals surface area (Å²) in [7, 11) is -3.59. The van der Waals surface area contributed by atoms with Crippen molar-refractivity contribution in [3.8, 4) is 0 Å². The summed E-state index contributed by atoms with van der Waals surface area (Å²) in [5.74, 6) is -0.976. The second-order valence-electron chi connectivity index (χ2n) is 5.88. The number of rotatable bonds is 6. The summed E-state index contributed by atoms with van der Waals surface area (Å²) < 4.78 is 26.7.